The topological polar surface area (TPSA) is 35.2 Å². The molecular formula is C14H14ClNO. The fraction of sp³-hybridized carbons (Fsp3) is 0.143. The van der Waals surface area contributed by atoms with Crippen molar-refractivity contribution in [3.8, 4) is 16.9 Å². The maximum Gasteiger partial charge on any atom is 0.137 e. The molecular weight excluding hydrogens is 234 g/mol. The minimum absolute atomic E-state index is 0.514. The normalized spacial score (nSPS) is 10.3. The van der Waals surface area contributed by atoms with Gasteiger partial charge < -0.3 is 10.5 Å². The van der Waals surface area contributed by atoms with E-state index in [1.165, 1.54) is 0 Å². The SMILES string of the molecule is COc1ccc(-c2ccccc2CN)cc1Cl. The Balaban J connectivity index is 2.49. The lowest BCUT2D eigenvalue weighted by atomic mass is 10.00. The second-order valence-electron chi connectivity index (χ2n) is 3.71. The van der Waals surface area contributed by atoms with Crippen LogP contribution in [0.4, 0.5) is 0 Å². The van der Waals surface area contributed by atoms with E-state index >= 15 is 0 Å². The van der Waals surface area contributed by atoms with Crippen LogP contribution in [0.3, 0.4) is 0 Å². The molecule has 0 fully saturated rings. The van der Waals surface area contributed by atoms with E-state index in [9.17, 15) is 0 Å². The second-order valence-corrected chi connectivity index (χ2v) is 4.12. The zero-order valence-electron chi connectivity index (χ0n) is 9.61. The minimum Gasteiger partial charge on any atom is -0.495 e. The molecule has 0 aliphatic rings. The Labute approximate surface area is 106 Å². The molecule has 0 aliphatic carbocycles. The summed E-state index contributed by atoms with van der Waals surface area (Å²) in [6.45, 7) is 0.514. The van der Waals surface area contributed by atoms with Crippen LogP contribution in [0, 0.1) is 0 Å². The van der Waals surface area contributed by atoms with Crippen LogP contribution >= 0.6 is 11.6 Å². The van der Waals surface area contributed by atoms with Gasteiger partial charge in [0.1, 0.15) is 5.75 Å². The summed E-state index contributed by atoms with van der Waals surface area (Å²) in [5.41, 5.74) is 8.99. The summed E-state index contributed by atoms with van der Waals surface area (Å²) in [7, 11) is 1.61. The van der Waals surface area contributed by atoms with Gasteiger partial charge in [-0.15, -0.1) is 0 Å². The van der Waals surface area contributed by atoms with E-state index in [2.05, 4.69) is 0 Å². The third-order valence-electron chi connectivity index (χ3n) is 2.70. The van der Waals surface area contributed by atoms with Crippen molar-refractivity contribution >= 4 is 11.6 Å². The molecule has 0 saturated carbocycles. The highest BCUT2D eigenvalue weighted by Gasteiger charge is 2.06. The third-order valence-corrected chi connectivity index (χ3v) is 3.00. The number of methoxy groups -OCH3 is 1. The predicted molar refractivity (Wildman–Crippen MR) is 71.3 cm³/mol. The van der Waals surface area contributed by atoms with E-state index in [0.717, 1.165) is 16.7 Å². The van der Waals surface area contributed by atoms with Crippen LogP contribution < -0.4 is 10.5 Å². The molecule has 0 unspecified atom stereocenters. The average molecular weight is 248 g/mol. The molecule has 0 heterocycles. The van der Waals surface area contributed by atoms with Crippen molar-refractivity contribution in [2.45, 2.75) is 6.54 Å². The van der Waals surface area contributed by atoms with Crippen molar-refractivity contribution < 1.29 is 4.74 Å². The van der Waals surface area contributed by atoms with Gasteiger partial charge >= 0.3 is 0 Å². The van der Waals surface area contributed by atoms with Gasteiger partial charge in [0.15, 0.2) is 0 Å². The van der Waals surface area contributed by atoms with Gasteiger partial charge in [-0.05, 0) is 28.8 Å². The zero-order valence-corrected chi connectivity index (χ0v) is 10.4. The van der Waals surface area contributed by atoms with Crippen LogP contribution in [-0.4, -0.2) is 7.11 Å². The van der Waals surface area contributed by atoms with Crippen LogP contribution in [0.25, 0.3) is 11.1 Å². The summed E-state index contributed by atoms with van der Waals surface area (Å²) < 4.78 is 5.14. The van der Waals surface area contributed by atoms with Gasteiger partial charge in [0.25, 0.3) is 0 Å². The fourth-order valence-electron chi connectivity index (χ4n) is 1.81. The van der Waals surface area contributed by atoms with Gasteiger partial charge in [0, 0.05) is 6.54 Å². The Morgan fingerprint density at radius 2 is 1.94 bits per heavy atom. The van der Waals surface area contributed by atoms with Gasteiger partial charge in [-0.2, -0.15) is 0 Å². The smallest absolute Gasteiger partial charge is 0.137 e. The molecule has 2 rings (SSSR count). The minimum atomic E-state index is 0.514. The molecule has 0 atom stereocenters. The van der Waals surface area contributed by atoms with Crippen LogP contribution in [0.15, 0.2) is 42.5 Å². The lowest BCUT2D eigenvalue weighted by molar-refractivity contribution is 0.415. The second kappa shape index (κ2) is 5.21. The zero-order chi connectivity index (χ0) is 12.3. The molecule has 0 bridgehead atoms. The lowest BCUT2D eigenvalue weighted by Crippen LogP contribution is -1.98. The van der Waals surface area contributed by atoms with Gasteiger partial charge in [0.05, 0.1) is 12.1 Å². The van der Waals surface area contributed by atoms with Crippen molar-refractivity contribution in [1.82, 2.24) is 0 Å². The molecule has 2 nitrogen and oxygen atoms in total. The predicted octanol–water partition coefficient (Wildman–Crippen LogP) is 3.47. The van der Waals surface area contributed by atoms with E-state index in [1.807, 2.05) is 42.5 Å². The Hall–Kier alpha value is -1.51. The molecule has 3 heteroatoms. The first kappa shape index (κ1) is 12.0. The number of halogens is 1. The molecule has 17 heavy (non-hydrogen) atoms. The Morgan fingerprint density at radius 1 is 1.18 bits per heavy atom. The molecule has 0 saturated heterocycles. The molecule has 0 aliphatic heterocycles. The quantitative estimate of drug-likeness (QED) is 0.901. The molecule has 2 N–H and O–H groups in total. The summed E-state index contributed by atoms with van der Waals surface area (Å²) in [6, 6.07) is 13.8. The standard InChI is InChI=1S/C14H14ClNO/c1-17-14-7-6-10(8-13(14)15)12-5-3-2-4-11(12)9-16/h2-8H,9,16H2,1H3. The Kier molecular flexibility index (Phi) is 3.67. The highest BCUT2D eigenvalue weighted by atomic mass is 35.5. The highest BCUT2D eigenvalue weighted by Crippen LogP contribution is 2.31. The molecule has 0 spiro atoms. The van der Waals surface area contributed by atoms with E-state index in [4.69, 9.17) is 22.1 Å². The first-order valence-electron chi connectivity index (χ1n) is 5.38. The van der Waals surface area contributed by atoms with Crippen molar-refractivity contribution in [2.75, 3.05) is 7.11 Å². The average Bonchev–Trinajstić information content (AvgIpc) is 2.38. The monoisotopic (exact) mass is 247 g/mol. The van der Waals surface area contributed by atoms with Crippen LogP contribution in [0.5, 0.6) is 5.75 Å². The number of nitrogens with two attached hydrogens (primary N) is 1. The van der Waals surface area contributed by atoms with Crippen molar-refractivity contribution in [3.05, 3.63) is 53.1 Å². The summed E-state index contributed by atoms with van der Waals surface area (Å²) in [6.07, 6.45) is 0. The van der Waals surface area contributed by atoms with Gasteiger partial charge in [-0.3, -0.25) is 0 Å². The van der Waals surface area contributed by atoms with Crippen LogP contribution in [0.2, 0.25) is 5.02 Å². The summed E-state index contributed by atoms with van der Waals surface area (Å²) in [5.74, 6) is 0.681. The maximum atomic E-state index is 6.12. The number of hydrogen-bond acceptors (Lipinski definition) is 2. The van der Waals surface area contributed by atoms with Crippen molar-refractivity contribution in [2.24, 2.45) is 5.73 Å². The van der Waals surface area contributed by atoms with Crippen molar-refractivity contribution in [1.29, 1.82) is 0 Å². The number of hydrogen-bond donors (Lipinski definition) is 1. The van der Waals surface area contributed by atoms with E-state index in [1.54, 1.807) is 7.11 Å². The molecule has 0 aromatic heterocycles. The van der Waals surface area contributed by atoms with Gasteiger partial charge in [0.2, 0.25) is 0 Å². The lowest BCUT2D eigenvalue weighted by Gasteiger charge is -2.09. The molecule has 88 valence electrons. The maximum absolute atomic E-state index is 6.12. The molecule has 0 radical (unpaired) electrons. The van der Waals surface area contributed by atoms with Crippen LogP contribution in [-0.2, 0) is 6.54 Å². The first-order chi connectivity index (χ1) is 8.26. The van der Waals surface area contributed by atoms with E-state index in [-0.39, 0.29) is 0 Å². The fourth-order valence-corrected chi connectivity index (χ4v) is 2.07. The van der Waals surface area contributed by atoms with Gasteiger partial charge in [-0.25, -0.2) is 0 Å². The largest absolute Gasteiger partial charge is 0.495 e. The summed E-state index contributed by atoms with van der Waals surface area (Å²) in [5, 5.41) is 0.608. The Bertz CT molecular complexity index is 525. The van der Waals surface area contributed by atoms with Gasteiger partial charge in [-0.1, -0.05) is 41.9 Å². The number of ether oxygens (including phenoxy) is 1. The molecule has 0 amide bonds. The first-order valence-corrected chi connectivity index (χ1v) is 5.76. The van der Waals surface area contributed by atoms with Crippen molar-refractivity contribution in [3.63, 3.8) is 0 Å². The summed E-state index contributed by atoms with van der Waals surface area (Å²) in [4.78, 5) is 0. The van der Waals surface area contributed by atoms with Crippen LogP contribution in [0.1, 0.15) is 5.56 Å². The number of rotatable bonds is 3. The molecule has 2 aromatic carbocycles. The van der Waals surface area contributed by atoms with E-state index in [0.29, 0.717) is 17.3 Å². The summed E-state index contributed by atoms with van der Waals surface area (Å²) >= 11 is 6.12. The third kappa shape index (κ3) is 2.43. The number of benzene rings is 2. The van der Waals surface area contributed by atoms with E-state index < -0.39 is 0 Å². The highest BCUT2D eigenvalue weighted by molar-refractivity contribution is 6.32. The molecule has 2 aromatic rings. The Morgan fingerprint density at radius 3 is 2.59 bits per heavy atom.